The lowest BCUT2D eigenvalue weighted by Crippen LogP contribution is -2.33. The number of aryl methyl sites for hydroxylation is 1. The minimum absolute atomic E-state index is 0.156. The van der Waals surface area contributed by atoms with Crippen molar-refractivity contribution in [3.05, 3.63) is 71.3 Å². The molecule has 2 aromatic rings. The molecule has 146 valence electrons. The van der Waals surface area contributed by atoms with Crippen LogP contribution in [-0.4, -0.2) is 17.8 Å². The van der Waals surface area contributed by atoms with Crippen molar-refractivity contribution in [1.29, 1.82) is 0 Å². The zero-order valence-electron chi connectivity index (χ0n) is 16.3. The summed E-state index contributed by atoms with van der Waals surface area (Å²) < 4.78 is 5.56. The highest BCUT2D eigenvalue weighted by Crippen LogP contribution is 2.53. The monoisotopic (exact) mass is 387 g/mol. The number of rotatable bonds is 3. The predicted molar refractivity (Wildman–Crippen MR) is 108 cm³/mol. The van der Waals surface area contributed by atoms with E-state index >= 15 is 0 Å². The number of fused-ring (bicyclic) bond motifs is 5. The second kappa shape index (κ2) is 6.41. The first-order valence-electron chi connectivity index (χ1n) is 9.90. The van der Waals surface area contributed by atoms with Gasteiger partial charge in [0.1, 0.15) is 5.75 Å². The van der Waals surface area contributed by atoms with Gasteiger partial charge in [-0.25, -0.2) is 9.69 Å². The van der Waals surface area contributed by atoms with E-state index in [0.717, 1.165) is 17.5 Å². The van der Waals surface area contributed by atoms with Gasteiger partial charge in [-0.2, -0.15) is 0 Å². The molecule has 2 fully saturated rings. The van der Waals surface area contributed by atoms with Crippen molar-refractivity contribution in [2.24, 2.45) is 23.7 Å². The smallest absolute Gasteiger partial charge is 0.343 e. The fourth-order valence-corrected chi connectivity index (χ4v) is 4.92. The van der Waals surface area contributed by atoms with Gasteiger partial charge in [-0.15, -0.1) is 0 Å². The van der Waals surface area contributed by atoms with Crippen LogP contribution in [-0.2, 0) is 9.59 Å². The van der Waals surface area contributed by atoms with Gasteiger partial charge in [0.05, 0.1) is 23.1 Å². The predicted octanol–water partition coefficient (Wildman–Crippen LogP) is 3.83. The first kappa shape index (κ1) is 17.9. The molecule has 2 aromatic carbocycles. The number of ether oxygens (including phenoxy) is 1. The summed E-state index contributed by atoms with van der Waals surface area (Å²) in [7, 11) is 0. The SMILES string of the molecule is Cc1cccc(OC(=O)c2cccc(N3C(=O)[C@H]4[C@H](C3=O)[C@H]3C=C[C@H]4C3)c2)c1C. The topological polar surface area (TPSA) is 63.7 Å². The van der Waals surface area contributed by atoms with E-state index in [-0.39, 0.29) is 35.5 Å². The molecular formula is C24H21NO4. The van der Waals surface area contributed by atoms with Crippen molar-refractivity contribution >= 4 is 23.5 Å². The lowest BCUT2D eigenvalue weighted by atomic mass is 9.85. The van der Waals surface area contributed by atoms with Gasteiger partial charge in [-0.05, 0) is 67.5 Å². The van der Waals surface area contributed by atoms with Crippen LogP contribution in [0.25, 0.3) is 0 Å². The van der Waals surface area contributed by atoms with Gasteiger partial charge in [0.2, 0.25) is 11.8 Å². The molecule has 2 amide bonds. The Morgan fingerprint density at radius 1 is 0.966 bits per heavy atom. The molecule has 5 heteroatoms. The fraction of sp³-hybridized carbons (Fsp3) is 0.292. The molecular weight excluding hydrogens is 366 g/mol. The van der Waals surface area contributed by atoms with Crippen LogP contribution >= 0.6 is 0 Å². The third-order valence-corrected chi connectivity index (χ3v) is 6.57. The summed E-state index contributed by atoms with van der Waals surface area (Å²) in [6, 6.07) is 12.1. The van der Waals surface area contributed by atoms with Crippen LogP contribution in [0, 0.1) is 37.5 Å². The molecule has 1 saturated heterocycles. The van der Waals surface area contributed by atoms with Gasteiger partial charge in [-0.3, -0.25) is 9.59 Å². The van der Waals surface area contributed by atoms with Gasteiger partial charge < -0.3 is 4.74 Å². The maximum atomic E-state index is 13.0. The second-order valence-electron chi connectivity index (χ2n) is 8.15. The average Bonchev–Trinajstić information content (AvgIpc) is 3.39. The van der Waals surface area contributed by atoms with Gasteiger partial charge in [0.25, 0.3) is 0 Å². The largest absolute Gasteiger partial charge is 0.423 e. The van der Waals surface area contributed by atoms with Crippen LogP contribution in [0.4, 0.5) is 5.69 Å². The average molecular weight is 387 g/mol. The van der Waals surface area contributed by atoms with Crippen molar-refractivity contribution in [3.8, 4) is 5.75 Å². The molecule has 2 bridgehead atoms. The third-order valence-electron chi connectivity index (χ3n) is 6.57. The molecule has 4 atom stereocenters. The summed E-state index contributed by atoms with van der Waals surface area (Å²) in [6.07, 6.45) is 5.03. The summed E-state index contributed by atoms with van der Waals surface area (Å²) in [5.74, 6) is -0.528. The van der Waals surface area contributed by atoms with Crippen LogP contribution in [0.5, 0.6) is 5.75 Å². The van der Waals surface area contributed by atoms with Crippen molar-refractivity contribution in [2.45, 2.75) is 20.3 Å². The quantitative estimate of drug-likeness (QED) is 0.347. The number of hydrogen-bond donors (Lipinski definition) is 0. The fourth-order valence-electron chi connectivity index (χ4n) is 4.92. The third kappa shape index (κ3) is 2.64. The Labute approximate surface area is 169 Å². The van der Waals surface area contributed by atoms with Gasteiger partial charge >= 0.3 is 5.97 Å². The molecule has 2 aliphatic carbocycles. The molecule has 0 N–H and O–H groups in total. The van der Waals surface area contributed by atoms with E-state index in [1.165, 1.54) is 4.90 Å². The highest BCUT2D eigenvalue weighted by Gasteiger charge is 2.59. The standard InChI is InChI=1S/C24H21NO4/c1-13-5-3-8-19(14(13)2)29-24(28)17-6-4-7-18(12-17)25-22(26)20-15-9-10-16(11-15)21(20)23(25)27/h3-10,12,15-16,20-21H,11H2,1-2H3/t15-,16-,20+,21+/m0/s1. The van der Waals surface area contributed by atoms with Crippen molar-refractivity contribution in [1.82, 2.24) is 0 Å². The minimum atomic E-state index is -0.512. The highest BCUT2D eigenvalue weighted by molar-refractivity contribution is 6.23. The lowest BCUT2D eigenvalue weighted by Gasteiger charge is -2.18. The minimum Gasteiger partial charge on any atom is -0.423 e. The van der Waals surface area contributed by atoms with Crippen molar-refractivity contribution < 1.29 is 19.1 Å². The molecule has 29 heavy (non-hydrogen) atoms. The van der Waals surface area contributed by atoms with Crippen LogP contribution in [0.15, 0.2) is 54.6 Å². The van der Waals surface area contributed by atoms with Gasteiger partial charge in [0, 0.05) is 0 Å². The summed E-state index contributed by atoms with van der Waals surface area (Å²) in [4.78, 5) is 40.0. The Morgan fingerprint density at radius 2 is 1.62 bits per heavy atom. The Morgan fingerprint density at radius 3 is 2.31 bits per heavy atom. The number of hydrogen-bond acceptors (Lipinski definition) is 4. The number of esters is 1. The van der Waals surface area contributed by atoms with Crippen LogP contribution < -0.4 is 9.64 Å². The van der Waals surface area contributed by atoms with E-state index in [1.54, 1.807) is 30.3 Å². The molecule has 1 saturated carbocycles. The van der Waals surface area contributed by atoms with Crippen molar-refractivity contribution in [3.63, 3.8) is 0 Å². The summed E-state index contributed by atoms with van der Waals surface area (Å²) >= 11 is 0. The molecule has 1 heterocycles. The number of carbonyl (C=O) groups is 3. The van der Waals surface area contributed by atoms with E-state index in [1.807, 2.05) is 26.0 Å². The van der Waals surface area contributed by atoms with E-state index in [9.17, 15) is 14.4 Å². The molecule has 1 aliphatic heterocycles. The molecule has 0 unspecified atom stereocenters. The van der Waals surface area contributed by atoms with Crippen LogP contribution in [0.2, 0.25) is 0 Å². The Bertz CT molecular complexity index is 1060. The molecule has 5 nitrogen and oxygen atoms in total. The molecule has 3 aliphatic rings. The summed E-state index contributed by atoms with van der Waals surface area (Å²) in [5, 5.41) is 0. The first-order valence-corrected chi connectivity index (χ1v) is 9.90. The number of imide groups is 1. The van der Waals surface area contributed by atoms with E-state index in [2.05, 4.69) is 12.2 Å². The summed E-state index contributed by atoms with van der Waals surface area (Å²) in [5.41, 5.74) is 2.68. The van der Waals surface area contributed by atoms with E-state index in [0.29, 0.717) is 17.0 Å². The Balaban J connectivity index is 1.42. The second-order valence-corrected chi connectivity index (χ2v) is 8.15. The Kier molecular flexibility index (Phi) is 3.95. The van der Waals surface area contributed by atoms with Gasteiger partial charge in [-0.1, -0.05) is 30.4 Å². The van der Waals surface area contributed by atoms with Crippen LogP contribution in [0.1, 0.15) is 27.9 Å². The molecule has 5 rings (SSSR count). The number of benzene rings is 2. The normalized spacial score (nSPS) is 26.9. The number of nitrogens with zero attached hydrogens (tertiary/aromatic N) is 1. The highest BCUT2D eigenvalue weighted by atomic mass is 16.5. The number of anilines is 1. The first-order chi connectivity index (χ1) is 14.0. The zero-order valence-corrected chi connectivity index (χ0v) is 16.3. The molecule has 0 aromatic heterocycles. The zero-order chi connectivity index (χ0) is 20.3. The van der Waals surface area contributed by atoms with Crippen LogP contribution in [0.3, 0.4) is 0 Å². The number of carbonyl (C=O) groups excluding carboxylic acids is 3. The van der Waals surface area contributed by atoms with Crippen molar-refractivity contribution in [2.75, 3.05) is 4.90 Å². The summed E-state index contributed by atoms with van der Waals surface area (Å²) in [6.45, 7) is 3.85. The molecule has 0 spiro atoms. The van der Waals surface area contributed by atoms with E-state index < -0.39 is 5.97 Å². The molecule has 0 radical (unpaired) electrons. The van der Waals surface area contributed by atoms with E-state index in [4.69, 9.17) is 4.74 Å². The number of amides is 2. The lowest BCUT2D eigenvalue weighted by molar-refractivity contribution is -0.123. The maximum absolute atomic E-state index is 13.0. The maximum Gasteiger partial charge on any atom is 0.343 e. The Hall–Kier alpha value is -3.21. The van der Waals surface area contributed by atoms with Gasteiger partial charge in [0.15, 0.2) is 0 Å². The number of allylic oxidation sites excluding steroid dienone is 2.